The third-order valence-corrected chi connectivity index (χ3v) is 4.07. The van der Waals surface area contributed by atoms with Crippen molar-refractivity contribution in [3.63, 3.8) is 0 Å². The van der Waals surface area contributed by atoms with Crippen LogP contribution in [0.5, 0.6) is 0 Å². The molecule has 1 aliphatic rings. The van der Waals surface area contributed by atoms with Crippen LogP contribution in [0.2, 0.25) is 0 Å². The Bertz CT molecular complexity index is 236. The summed E-state index contributed by atoms with van der Waals surface area (Å²) in [5, 5.41) is 0. The minimum absolute atomic E-state index is 0.0149. The van der Waals surface area contributed by atoms with Crippen molar-refractivity contribution in [2.75, 3.05) is 26.2 Å². The molecule has 0 amide bonds. The summed E-state index contributed by atoms with van der Waals surface area (Å²) >= 11 is 0. The van der Waals surface area contributed by atoms with Crippen molar-refractivity contribution in [1.82, 2.24) is 4.90 Å². The average Bonchev–Trinajstić information content (AvgIpc) is 2.26. The smallest absolute Gasteiger partial charge is 0.0598 e. The first kappa shape index (κ1) is 18.0. The fraction of sp³-hybridized carbons (Fsp3) is 1.00. The lowest BCUT2D eigenvalue weighted by atomic mass is 9.90. The normalized spacial score (nSPS) is 22.2. The van der Waals surface area contributed by atoms with Crippen molar-refractivity contribution in [3.05, 3.63) is 0 Å². The Balaban J connectivity index is 2.18. The van der Waals surface area contributed by atoms with Crippen LogP contribution in [-0.4, -0.2) is 36.7 Å². The highest BCUT2D eigenvalue weighted by atomic mass is 16.5. The molecule has 0 spiro atoms. The second kappa shape index (κ2) is 7.79. The lowest BCUT2D eigenvalue weighted by Gasteiger charge is -2.34. The number of piperidine rings is 1. The summed E-state index contributed by atoms with van der Waals surface area (Å²) in [7, 11) is 0. The Morgan fingerprint density at radius 1 is 1.10 bits per heavy atom. The number of nitrogens with zero attached hydrogens (tertiary/aromatic N) is 1. The van der Waals surface area contributed by atoms with Gasteiger partial charge in [0, 0.05) is 13.2 Å². The Morgan fingerprint density at radius 3 is 2.40 bits per heavy atom. The first-order valence-electron chi connectivity index (χ1n) is 8.52. The third kappa shape index (κ3) is 8.97. The highest BCUT2D eigenvalue weighted by molar-refractivity contribution is 4.74. The van der Waals surface area contributed by atoms with E-state index in [9.17, 15) is 0 Å². The van der Waals surface area contributed by atoms with Crippen molar-refractivity contribution < 1.29 is 4.74 Å². The second-order valence-corrected chi connectivity index (χ2v) is 8.72. The summed E-state index contributed by atoms with van der Waals surface area (Å²) in [4.78, 5) is 2.68. The summed E-state index contributed by atoms with van der Waals surface area (Å²) in [5.41, 5.74) is 0.497. The van der Waals surface area contributed by atoms with Gasteiger partial charge in [-0.2, -0.15) is 0 Å². The van der Waals surface area contributed by atoms with E-state index in [-0.39, 0.29) is 5.60 Å². The van der Waals surface area contributed by atoms with E-state index in [1.807, 2.05) is 0 Å². The number of likely N-dealkylation sites (tertiary alicyclic amines) is 1. The molecule has 0 saturated carbocycles. The number of ether oxygens (including phenoxy) is 1. The Hall–Kier alpha value is -0.0800. The first-order valence-corrected chi connectivity index (χ1v) is 8.52. The van der Waals surface area contributed by atoms with Gasteiger partial charge in [-0.1, -0.05) is 20.8 Å². The molecule has 1 rings (SSSR count). The van der Waals surface area contributed by atoms with Crippen molar-refractivity contribution in [1.29, 1.82) is 0 Å². The molecule has 1 saturated heterocycles. The lowest BCUT2D eigenvalue weighted by Crippen LogP contribution is -2.37. The van der Waals surface area contributed by atoms with Gasteiger partial charge in [0.15, 0.2) is 0 Å². The SMILES string of the molecule is CC(C)(C)CCCN1CCC[C@@H](CCOC(C)(C)C)C1. The molecule has 20 heavy (non-hydrogen) atoms. The zero-order valence-corrected chi connectivity index (χ0v) is 14.8. The fourth-order valence-electron chi connectivity index (χ4n) is 2.95. The van der Waals surface area contributed by atoms with Gasteiger partial charge in [-0.05, 0) is 77.3 Å². The Kier molecular flexibility index (Phi) is 7.00. The molecular formula is C18H37NO. The molecule has 1 heterocycles. The van der Waals surface area contributed by atoms with Gasteiger partial charge in [0.05, 0.1) is 5.60 Å². The van der Waals surface area contributed by atoms with Gasteiger partial charge < -0.3 is 9.64 Å². The maximum atomic E-state index is 5.87. The summed E-state index contributed by atoms with van der Waals surface area (Å²) in [6.45, 7) is 18.3. The number of hydrogen-bond acceptors (Lipinski definition) is 2. The van der Waals surface area contributed by atoms with E-state index in [4.69, 9.17) is 4.74 Å². The van der Waals surface area contributed by atoms with Crippen LogP contribution in [0.1, 0.15) is 73.6 Å². The summed E-state index contributed by atoms with van der Waals surface area (Å²) < 4.78 is 5.87. The van der Waals surface area contributed by atoms with Crippen LogP contribution in [-0.2, 0) is 4.74 Å². The molecular weight excluding hydrogens is 246 g/mol. The van der Waals surface area contributed by atoms with Crippen molar-refractivity contribution in [2.45, 2.75) is 79.2 Å². The van der Waals surface area contributed by atoms with E-state index in [2.05, 4.69) is 46.4 Å². The van der Waals surface area contributed by atoms with Crippen LogP contribution in [0.15, 0.2) is 0 Å². The molecule has 0 aromatic heterocycles. The van der Waals surface area contributed by atoms with Gasteiger partial charge in [0.25, 0.3) is 0 Å². The molecule has 0 N–H and O–H groups in total. The van der Waals surface area contributed by atoms with E-state index in [0.717, 1.165) is 12.5 Å². The molecule has 120 valence electrons. The Labute approximate surface area is 127 Å². The minimum Gasteiger partial charge on any atom is -0.376 e. The van der Waals surface area contributed by atoms with E-state index >= 15 is 0 Å². The van der Waals surface area contributed by atoms with Gasteiger partial charge >= 0.3 is 0 Å². The summed E-state index contributed by atoms with van der Waals surface area (Å²) in [6, 6.07) is 0. The highest BCUT2D eigenvalue weighted by Gasteiger charge is 2.21. The van der Waals surface area contributed by atoms with Crippen LogP contribution in [0.3, 0.4) is 0 Å². The van der Waals surface area contributed by atoms with Gasteiger partial charge in [0.2, 0.25) is 0 Å². The molecule has 0 aliphatic carbocycles. The van der Waals surface area contributed by atoms with Gasteiger partial charge in [-0.3, -0.25) is 0 Å². The minimum atomic E-state index is 0.0149. The maximum Gasteiger partial charge on any atom is 0.0598 e. The first-order chi connectivity index (χ1) is 9.16. The van der Waals surface area contributed by atoms with Crippen molar-refractivity contribution in [2.24, 2.45) is 11.3 Å². The second-order valence-electron chi connectivity index (χ2n) is 8.72. The predicted octanol–water partition coefficient (Wildman–Crippen LogP) is 4.73. The molecule has 1 fully saturated rings. The molecule has 0 radical (unpaired) electrons. The predicted molar refractivity (Wildman–Crippen MR) is 88.2 cm³/mol. The zero-order chi connectivity index (χ0) is 15.2. The van der Waals surface area contributed by atoms with Crippen LogP contribution in [0.25, 0.3) is 0 Å². The summed E-state index contributed by atoms with van der Waals surface area (Å²) in [5.74, 6) is 0.848. The van der Waals surface area contributed by atoms with Crippen LogP contribution >= 0.6 is 0 Å². The molecule has 1 aliphatic heterocycles. The van der Waals surface area contributed by atoms with E-state index in [0.29, 0.717) is 5.41 Å². The standard InChI is InChI=1S/C18H37NO/c1-17(2,3)11-8-13-19-12-7-9-16(15-19)10-14-20-18(4,5)6/h16H,7-15H2,1-6H3/t16-/m0/s1. The molecule has 2 heteroatoms. The molecule has 1 atom stereocenters. The number of hydrogen-bond donors (Lipinski definition) is 0. The Morgan fingerprint density at radius 2 is 1.80 bits per heavy atom. The zero-order valence-electron chi connectivity index (χ0n) is 14.8. The highest BCUT2D eigenvalue weighted by Crippen LogP contribution is 2.24. The third-order valence-electron chi connectivity index (χ3n) is 4.07. The van der Waals surface area contributed by atoms with E-state index < -0.39 is 0 Å². The molecule has 0 unspecified atom stereocenters. The van der Waals surface area contributed by atoms with Crippen molar-refractivity contribution in [3.8, 4) is 0 Å². The summed E-state index contributed by atoms with van der Waals surface area (Å²) in [6.07, 6.45) is 6.67. The van der Waals surface area contributed by atoms with Gasteiger partial charge in [0.1, 0.15) is 0 Å². The topological polar surface area (TPSA) is 12.5 Å². The van der Waals surface area contributed by atoms with Crippen LogP contribution in [0, 0.1) is 11.3 Å². The quantitative estimate of drug-likeness (QED) is 0.698. The monoisotopic (exact) mass is 283 g/mol. The maximum absolute atomic E-state index is 5.87. The largest absolute Gasteiger partial charge is 0.376 e. The van der Waals surface area contributed by atoms with Crippen LogP contribution < -0.4 is 0 Å². The van der Waals surface area contributed by atoms with Crippen LogP contribution in [0.4, 0.5) is 0 Å². The van der Waals surface area contributed by atoms with Gasteiger partial charge in [-0.15, -0.1) is 0 Å². The van der Waals surface area contributed by atoms with Gasteiger partial charge in [-0.25, -0.2) is 0 Å². The molecule has 2 nitrogen and oxygen atoms in total. The fourth-order valence-corrected chi connectivity index (χ4v) is 2.95. The molecule has 0 aromatic carbocycles. The molecule has 0 aromatic rings. The van der Waals surface area contributed by atoms with E-state index in [1.54, 1.807) is 0 Å². The van der Waals surface area contributed by atoms with Crippen molar-refractivity contribution >= 4 is 0 Å². The average molecular weight is 284 g/mol. The molecule has 0 bridgehead atoms. The van der Waals surface area contributed by atoms with E-state index in [1.165, 1.54) is 51.7 Å². The lowest BCUT2D eigenvalue weighted by molar-refractivity contribution is -0.0134. The number of rotatable bonds is 6.